The van der Waals surface area contributed by atoms with E-state index in [4.69, 9.17) is 4.74 Å². The van der Waals surface area contributed by atoms with Gasteiger partial charge in [0.2, 0.25) is 0 Å². The van der Waals surface area contributed by atoms with Crippen molar-refractivity contribution in [1.29, 1.82) is 0 Å². The average Bonchev–Trinajstić information content (AvgIpc) is 2.38. The third-order valence-corrected chi connectivity index (χ3v) is 3.44. The normalized spacial score (nSPS) is 17.6. The smallest absolute Gasteiger partial charge is 0.142 e. The molecule has 1 N–H and O–H groups in total. The number of nitrogens with one attached hydrogen (secondary N) is 1. The first-order valence-electron chi connectivity index (χ1n) is 5.67. The van der Waals surface area contributed by atoms with Crippen LogP contribution in [0.25, 0.3) is 0 Å². The minimum atomic E-state index is -0.223. The minimum absolute atomic E-state index is 0.0485. The molecule has 0 aliphatic carbocycles. The first-order valence-corrected chi connectivity index (χ1v) is 6.46. The summed E-state index contributed by atoms with van der Waals surface area (Å²) >= 11 is 3.43. The summed E-state index contributed by atoms with van der Waals surface area (Å²) in [5.41, 5.74) is 1.96. The van der Waals surface area contributed by atoms with Crippen LogP contribution in [0.1, 0.15) is 11.6 Å². The van der Waals surface area contributed by atoms with Crippen LogP contribution in [0, 0.1) is 5.82 Å². The molecule has 2 aromatic carbocycles. The molecule has 1 aliphatic rings. The number of fused-ring (bicyclic) bond motifs is 1. The number of hydrogen-bond donors (Lipinski definition) is 1. The van der Waals surface area contributed by atoms with E-state index in [1.54, 1.807) is 12.1 Å². The largest absolute Gasteiger partial charge is 0.489 e. The highest BCUT2D eigenvalue weighted by Gasteiger charge is 2.20. The van der Waals surface area contributed by atoms with Crippen LogP contribution in [-0.2, 0) is 0 Å². The molecule has 1 unspecified atom stereocenters. The number of halogens is 2. The fourth-order valence-electron chi connectivity index (χ4n) is 2.02. The van der Waals surface area contributed by atoms with Crippen molar-refractivity contribution in [2.75, 3.05) is 11.9 Å². The van der Waals surface area contributed by atoms with Gasteiger partial charge in [-0.05, 0) is 35.9 Å². The van der Waals surface area contributed by atoms with Crippen LogP contribution in [-0.4, -0.2) is 6.61 Å². The minimum Gasteiger partial charge on any atom is -0.489 e. The maximum Gasteiger partial charge on any atom is 0.142 e. The van der Waals surface area contributed by atoms with Crippen LogP contribution < -0.4 is 10.1 Å². The Hall–Kier alpha value is -1.55. The lowest BCUT2D eigenvalue weighted by atomic mass is 10.1. The zero-order chi connectivity index (χ0) is 12.5. The van der Waals surface area contributed by atoms with Crippen molar-refractivity contribution >= 4 is 21.6 Å². The van der Waals surface area contributed by atoms with Gasteiger partial charge in [0.05, 0.1) is 11.7 Å². The van der Waals surface area contributed by atoms with Crippen LogP contribution in [0.2, 0.25) is 0 Å². The predicted molar refractivity (Wildman–Crippen MR) is 72.4 cm³/mol. The number of benzene rings is 2. The fraction of sp³-hybridized carbons (Fsp3) is 0.143. The van der Waals surface area contributed by atoms with E-state index in [9.17, 15) is 4.39 Å². The van der Waals surface area contributed by atoms with Gasteiger partial charge in [-0.15, -0.1) is 0 Å². The van der Waals surface area contributed by atoms with E-state index < -0.39 is 0 Å². The molecule has 2 aromatic rings. The number of hydrogen-bond acceptors (Lipinski definition) is 2. The van der Waals surface area contributed by atoms with Crippen molar-refractivity contribution in [3.63, 3.8) is 0 Å². The summed E-state index contributed by atoms with van der Waals surface area (Å²) in [5.74, 6) is 0.621. The molecule has 0 saturated carbocycles. The van der Waals surface area contributed by atoms with Gasteiger partial charge in [0.15, 0.2) is 0 Å². The van der Waals surface area contributed by atoms with Crippen LogP contribution >= 0.6 is 15.9 Å². The van der Waals surface area contributed by atoms with Gasteiger partial charge in [0.25, 0.3) is 0 Å². The molecular formula is C14H11BrFNO. The second-order valence-electron chi connectivity index (χ2n) is 4.20. The van der Waals surface area contributed by atoms with Gasteiger partial charge in [0.1, 0.15) is 18.2 Å². The highest BCUT2D eigenvalue weighted by Crippen LogP contribution is 2.35. The molecule has 0 saturated heterocycles. The Morgan fingerprint density at radius 1 is 1.17 bits per heavy atom. The van der Waals surface area contributed by atoms with Crippen LogP contribution in [0.4, 0.5) is 10.1 Å². The molecule has 0 bridgehead atoms. The lowest BCUT2D eigenvalue weighted by Crippen LogP contribution is -2.23. The number of rotatable bonds is 1. The van der Waals surface area contributed by atoms with E-state index in [-0.39, 0.29) is 11.9 Å². The Morgan fingerprint density at radius 3 is 2.72 bits per heavy atom. The zero-order valence-electron chi connectivity index (χ0n) is 9.49. The predicted octanol–water partition coefficient (Wildman–Crippen LogP) is 4.13. The summed E-state index contributed by atoms with van der Waals surface area (Å²) in [4.78, 5) is 0. The highest BCUT2D eigenvalue weighted by atomic mass is 79.9. The highest BCUT2D eigenvalue weighted by molar-refractivity contribution is 9.10. The van der Waals surface area contributed by atoms with E-state index in [0.717, 1.165) is 21.5 Å². The monoisotopic (exact) mass is 307 g/mol. The van der Waals surface area contributed by atoms with Gasteiger partial charge in [0, 0.05) is 4.47 Å². The van der Waals surface area contributed by atoms with E-state index in [2.05, 4.69) is 21.2 Å². The van der Waals surface area contributed by atoms with Gasteiger partial charge in [-0.3, -0.25) is 0 Å². The molecule has 0 amide bonds. The van der Waals surface area contributed by atoms with Crippen molar-refractivity contribution in [1.82, 2.24) is 0 Å². The molecule has 92 valence electrons. The Balaban J connectivity index is 1.88. The van der Waals surface area contributed by atoms with Crippen LogP contribution in [0.5, 0.6) is 5.75 Å². The summed E-state index contributed by atoms with van der Waals surface area (Å²) in [7, 11) is 0. The zero-order valence-corrected chi connectivity index (χ0v) is 11.1. The standard InChI is InChI=1S/C14H11BrFNO/c15-10-3-6-14-12(7-10)17-13(8-18-14)9-1-4-11(16)5-2-9/h1-7,13,17H,8H2. The van der Waals surface area contributed by atoms with E-state index in [1.807, 2.05) is 18.2 Å². The van der Waals surface area contributed by atoms with Gasteiger partial charge >= 0.3 is 0 Å². The molecular weight excluding hydrogens is 297 g/mol. The topological polar surface area (TPSA) is 21.3 Å². The molecule has 4 heteroatoms. The summed E-state index contributed by atoms with van der Waals surface area (Å²) in [6.45, 7) is 0.542. The second-order valence-corrected chi connectivity index (χ2v) is 5.12. The van der Waals surface area contributed by atoms with Crippen molar-refractivity contribution < 1.29 is 9.13 Å². The third kappa shape index (κ3) is 2.20. The van der Waals surface area contributed by atoms with E-state index in [1.165, 1.54) is 12.1 Å². The maximum atomic E-state index is 12.9. The maximum absolute atomic E-state index is 12.9. The lowest BCUT2D eigenvalue weighted by Gasteiger charge is -2.28. The molecule has 1 atom stereocenters. The molecule has 0 radical (unpaired) electrons. The quantitative estimate of drug-likeness (QED) is 0.855. The van der Waals surface area contributed by atoms with Crippen molar-refractivity contribution in [2.45, 2.75) is 6.04 Å². The Bertz CT molecular complexity index is 571. The molecule has 1 aliphatic heterocycles. The molecule has 0 spiro atoms. The lowest BCUT2D eigenvalue weighted by molar-refractivity contribution is 0.286. The van der Waals surface area contributed by atoms with Gasteiger partial charge in [-0.1, -0.05) is 28.1 Å². The molecule has 18 heavy (non-hydrogen) atoms. The van der Waals surface area contributed by atoms with Crippen LogP contribution in [0.3, 0.4) is 0 Å². The van der Waals surface area contributed by atoms with Crippen molar-refractivity contribution in [2.24, 2.45) is 0 Å². The average molecular weight is 308 g/mol. The first kappa shape index (κ1) is 11.5. The van der Waals surface area contributed by atoms with Gasteiger partial charge < -0.3 is 10.1 Å². The third-order valence-electron chi connectivity index (χ3n) is 2.95. The Kier molecular flexibility index (Phi) is 2.96. The summed E-state index contributed by atoms with van der Waals surface area (Å²) in [6.07, 6.45) is 0. The molecule has 0 aromatic heterocycles. The molecule has 3 rings (SSSR count). The SMILES string of the molecule is Fc1ccc(C2COc3ccc(Br)cc3N2)cc1. The molecule has 0 fully saturated rings. The Morgan fingerprint density at radius 2 is 1.94 bits per heavy atom. The van der Waals surface area contributed by atoms with Crippen LogP contribution in [0.15, 0.2) is 46.9 Å². The van der Waals surface area contributed by atoms with E-state index in [0.29, 0.717) is 6.61 Å². The van der Waals surface area contributed by atoms with E-state index >= 15 is 0 Å². The fourth-order valence-corrected chi connectivity index (χ4v) is 2.38. The second kappa shape index (κ2) is 4.61. The summed E-state index contributed by atoms with van der Waals surface area (Å²) in [6, 6.07) is 12.4. The van der Waals surface area contributed by atoms with Crippen molar-refractivity contribution in [3.8, 4) is 5.75 Å². The number of ether oxygens (including phenoxy) is 1. The van der Waals surface area contributed by atoms with Gasteiger partial charge in [-0.2, -0.15) is 0 Å². The number of anilines is 1. The molecule has 2 nitrogen and oxygen atoms in total. The summed E-state index contributed by atoms with van der Waals surface area (Å²) in [5, 5.41) is 3.40. The Labute approximate surface area is 113 Å². The first-order chi connectivity index (χ1) is 8.72. The molecule has 1 heterocycles. The summed E-state index contributed by atoms with van der Waals surface area (Å²) < 4.78 is 19.6. The van der Waals surface area contributed by atoms with Crippen molar-refractivity contribution in [3.05, 3.63) is 58.3 Å². The van der Waals surface area contributed by atoms with Gasteiger partial charge in [-0.25, -0.2) is 4.39 Å².